The number of thiazole rings is 1. The van der Waals surface area contributed by atoms with Crippen molar-refractivity contribution in [3.63, 3.8) is 0 Å². The van der Waals surface area contributed by atoms with E-state index >= 15 is 0 Å². The van der Waals surface area contributed by atoms with Gasteiger partial charge >= 0.3 is 0 Å². The van der Waals surface area contributed by atoms with Gasteiger partial charge in [-0.05, 0) is 81.6 Å². The number of carbonyl (C=O) groups excluding carboxylic acids is 1. The van der Waals surface area contributed by atoms with E-state index in [1.54, 1.807) is 24.3 Å². The van der Waals surface area contributed by atoms with Crippen molar-refractivity contribution >= 4 is 22.4 Å². The molecule has 4 rings (SSSR count). The molecule has 0 N–H and O–H groups in total. The maximum Gasteiger partial charge on any atom is 0.232 e. The van der Waals surface area contributed by atoms with Crippen molar-refractivity contribution in [3.8, 4) is 17.0 Å². The first-order valence-corrected chi connectivity index (χ1v) is 12.5. The van der Waals surface area contributed by atoms with E-state index in [0.29, 0.717) is 11.6 Å². The third kappa shape index (κ3) is 6.62. The highest BCUT2D eigenvalue weighted by Gasteiger charge is 2.17. The quantitative estimate of drug-likeness (QED) is 0.421. The number of carbonyl (C=O) groups is 1. The standard InChI is InChI=1S/C26H32N4O2S/c1-29-14-10-20(11-15-29)6-4-16-32-23-7-3-5-21(17-23)18-25(31)30(2)26-28-24(19-33-26)22-8-12-27-13-9-22/h3,5,7-9,12-13,17,19-20H,4,6,10-11,14-16,18H2,1-2H3. The molecule has 1 saturated heterocycles. The lowest BCUT2D eigenvalue weighted by Gasteiger charge is -2.28. The normalized spacial score (nSPS) is 14.8. The van der Waals surface area contributed by atoms with E-state index in [4.69, 9.17) is 4.74 Å². The number of anilines is 1. The second kappa shape index (κ2) is 11.4. The predicted octanol–water partition coefficient (Wildman–Crippen LogP) is 4.91. The van der Waals surface area contributed by atoms with Gasteiger partial charge in [0.15, 0.2) is 5.13 Å². The third-order valence-corrected chi connectivity index (χ3v) is 7.16. The van der Waals surface area contributed by atoms with Crippen molar-refractivity contribution in [2.45, 2.75) is 32.1 Å². The lowest BCUT2D eigenvalue weighted by molar-refractivity contribution is -0.117. The Hall–Kier alpha value is -2.77. The van der Waals surface area contributed by atoms with Crippen LogP contribution in [0.15, 0.2) is 54.2 Å². The van der Waals surface area contributed by atoms with Crippen LogP contribution in [0.1, 0.15) is 31.2 Å². The Morgan fingerprint density at radius 2 is 2.00 bits per heavy atom. The molecule has 0 radical (unpaired) electrons. The smallest absolute Gasteiger partial charge is 0.232 e. The summed E-state index contributed by atoms with van der Waals surface area (Å²) in [6.07, 6.45) is 8.69. The molecule has 0 aliphatic carbocycles. The number of aromatic nitrogens is 2. The summed E-state index contributed by atoms with van der Waals surface area (Å²) in [6.45, 7) is 3.14. The molecule has 174 valence electrons. The zero-order valence-corrected chi connectivity index (χ0v) is 20.3. The van der Waals surface area contributed by atoms with Crippen LogP contribution in [0, 0.1) is 5.92 Å². The highest BCUT2D eigenvalue weighted by atomic mass is 32.1. The van der Waals surface area contributed by atoms with Gasteiger partial charge in [0.05, 0.1) is 18.7 Å². The van der Waals surface area contributed by atoms with Crippen LogP contribution in [0.25, 0.3) is 11.3 Å². The van der Waals surface area contributed by atoms with Gasteiger partial charge in [0.25, 0.3) is 0 Å². The van der Waals surface area contributed by atoms with Gasteiger partial charge in [-0.1, -0.05) is 12.1 Å². The van der Waals surface area contributed by atoms with Gasteiger partial charge in [-0.2, -0.15) is 0 Å². The maximum atomic E-state index is 12.9. The number of piperidine rings is 1. The van der Waals surface area contributed by atoms with Crippen molar-refractivity contribution in [2.75, 3.05) is 38.7 Å². The molecule has 2 aromatic heterocycles. The number of hydrogen-bond donors (Lipinski definition) is 0. The van der Waals surface area contributed by atoms with E-state index in [1.807, 2.05) is 41.8 Å². The molecule has 0 unspecified atom stereocenters. The molecule has 6 nitrogen and oxygen atoms in total. The molecule has 1 aliphatic heterocycles. The minimum absolute atomic E-state index is 0.00467. The van der Waals surface area contributed by atoms with Crippen LogP contribution in [0.4, 0.5) is 5.13 Å². The Labute approximate surface area is 200 Å². The van der Waals surface area contributed by atoms with E-state index in [1.165, 1.54) is 43.7 Å². The number of nitrogens with zero attached hydrogens (tertiary/aromatic N) is 4. The molecular weight excluding hydrogens is 432 g/mol. The van der Waals surface area contributed by atoms with Crippen LogP contribution < -0.4 is 9.64 Å². The number of ether oxygens (including phenoxy) is 1. The van der Waals surface area contributed by atoms with Crippen molar-refractivity contribution in [3.05, 3.63) is 59.7 Å². The zero-order chi connectivity index (χ0) is 23.0. The lowest BCUT2D eigenvalue weighted by atomic mass is 9.93. The van der Waals surface area contributed by atoms with Gasteiger partial charge in [0.1, 0.15) is 5.75 Å². The molecule has 3 aromatic rings. The minimum atomic E-state index is 0.00467. The maximum absolute atomic E-state index is 12.9. The first-order chi connectivity index (χ1) is 16.1. The van der Waals surface area contributed by atoms with E-state index in [-0.39, 0.29) is 5.91 Å². The van der Waals surface area contributed by atoms with Gasteiger partial charge in [0, 0.05) is 30.4 Å². The van der Waals surface area contributed by atoms with Crippen molar-refractivity contribution in [1.29, 1.82) is 0 Å². The minimum Gasteiger partial charge on any atom is -0.494 e. The van der Waals surface area contributed by atoms with Crippen LogP contribution in [-0.4, -0.2) is 54.6 Å². The number of likely N-dealkylation sites (tertiary alicyclic amines) is 1. The fourth-order valence-electron chi connectivity index (χ4n) is 4.13. The Balaban J connectivity index is 1.26. The van der Waals surface area contributed by atoms with Crippen LogP contribution in [0.3, 0.4) is 0 Å². The number of benzene rings is 1. The molecule has 3 heterocycles. The van der Waals surface area contributed by atoms with Crippen molar-refractivity contribution in [2.24, 2.45) is 5.92 Å². The average Bonchev–Trinajstić information content (AvgIpc) is 3.34. The zero-order valence-electron chi connectivity index (χ0n) is 19.4. The Morgan fingerprint density at radius 3 is 2.79 bits per heavy atom. The molecule has 0 atom stereocenters. The van der Waals surface area contributed by atoms with E-state index in [2.05, 4.69) is 21.9 Å². The number of hydrogen-bond acceptors (Lipinski definition) is 6. The van der Waals surface area contributed by atoms with Crippen molar-refractivity contribution < 1.29 is 9.53 Å². The molecule has 1 aliphatic rings. The summed E-state index contributed by atoms with van der Waals surface area (Å²) in [7, 11) is 3.98. The Morgan fingerprint density at radius 1 is 1.21 bits per heavy atom. The number of pyridine rings is 1. The monoisotopic (exact) mass is 464 g/mol. The van der Waals surface area contributed by atoms with Gasteiger partial charge < -0.3 is 9.64 Å². The highest BCUT2D eigenvalue weighted by molar-refractivity contribution is 7.14. The summed E-state index contributed by atoms with van der Waals surface area (Å²) >= 11 is 1.47. The summed E-state index contributed by atoms with van der Waals surface area (Å²) < 4.78 is 5.99. The average molecular weight is 465 g/mol. The molecular formula is C26H32N4O2S. The fraction of sp³-hybridized carbons (Fsp3) is 0.423. The van der Waals surface area contributed by atoms with Crippen LogP contribution >= 0.6 is 11.3 Å². The number of likely N-dealkylation sites (N-methyl/N-ethyl adjacent to an activating group) is 1. The Kier molecular flexibility index (Phi) is 8.07. The van der Waals surface area contributed by atoms with Crippen LogP contribution in [0.5, 0.6) is 5.75 Å². The molecule has 0 saturated carbocycles. The SMILES string of the molecule is CN1CCC(CCCOc2cccc(CC(=O)N(C)c3nc(-c4ccncc4)cs3)c2)CC1. The van der Waals surface area contributed by atoms with E-state index in [0.717, 1.165) is 41.5 Å². The number of rotatable bonds is 9. The summed E-state index contributed by atoms with van der Waals surface area (Å²) in [5.74, 6) is 1.67. The topological polar surface area (TPSA) is 58.6 Å². The van der Waals surface area contributed by atoms with Gasteiger partial charge in [-0.15, -0.1) is 11.3 Å². The fourth-order valence-corrected chi connectivity index (χ4v) is 4.95. The second-order valence-corrected chi connectivity index (χ2v) is 9.60. The van der Waals surface area contributed by atoms with Crippen molar-refractivity contribution in [1.82, 2.24) is 14.9 Å². The molecule has 1 amide bonds. The molecule has 33 heavy (non-hydrogen) atoms. The number of amides is 1. The summed E-state index contributed by atoms with van der Waals surface area (Å²) in [5, 5.41) is 2.65. The van der Waals surface area contributed by atoms with E-state index < -0.39 is 0 Å². The van der Waals surface area contributed by atoms with Crippen LogP contribution in [-0.2, 0) is 11.2 Å². The van der Waals surface area contributed by atoms with Gasteiger partial charge in [-0.25, -0.2) is 4.98 Å². The largest absolute Gasteiger partial charge is 0.494 e. The summed E-state index contributed by atoms with van der Waals surface area (Å²) in [6, 6.07) is 11.7. The third-order valence-electron chi connectivity index (χ3n) is 6.25. The highest BCUT2D eigenvalue weighted by Crippen LogP contribution is 2.27. The predicted molar refractivity (Wildman–Crippen MR) is 134 cm³/mol. The van der Waals surface area contributed by atoms with Gasteiger partial charge in [0.2, 0.25) is 5.91 Å². The molecule has 7 heteroatoms. The summed E-state index contributed by atoms with van der Waals surface area (Å²) in [5.41, 5.74) is 2.80. The first-order valence-electron chi connectivity index (χ1n) is 11.6. The van der Waals surface area contributed by atoms with Crippen LogP contribution in [0.2, 0.25) is 0 Å². The van der Waals surface area contributed by atoms with Gasteiger partial charge in [-0.3, -0.25) is 14.7 Å². The molecule has 0 bridgehead atoms. The molecule has 1 fully saturated rings. The van der Waals surface area contributed by atoms with E-state index in [9.17, 15) is 4.79 Å². The molecule has 0 spiro atoms. The second-order valence-electron chi connectivity index (χ2n) is 8.77. The lowest BCUT2D eigenvalue weighted by Crippen LogP contribution is -2.30. The summed E-state index contributed by atoms with van der Waals surface area (Å²) in [4.78, 5) is 25.6. The Bertz CT molecular complexity index is 1030. The molecule has 1 aromatic carbocycles. The first kappa shape index (κ1) is 23.4.